The third-order valence-electron chi connectivity index (χ3n) is 5.47. The summed E-state index contributed by atoms with van der Waals surface area (Å²) in [5, 5.41) is 12.9. The van der Waals surface area contributed by atoms with E-state index in [9.17, 15) is 23.1 Å². The third kappa shape index (κ3) is 6.89. The molecule has 6 nitrogen and oxygen atoms in total. The number of nitrogens with one attached hydrogen (secondary N) is 1. The molecular weight excluding hydrogens is 365 g/mol. The third-order valence-corrected chi connectivity index (χ3v) is 5.47. The first-order chi connectivity index (χ1) is 12.8. The zero-order valence-electron chi connectivity index (χ0n) is 15.4. The fourth-order valence-corrected chi connectivity index (χ4v) is 3.83. The Hall–Kier alpha value is -0.900. The van der Waals surface area contributed by atoms with E-state index in [1.54, 1.807) is 4.90 Å². The fourth-order valence-electron chi connectivity index (χ4n) is 3.83. The number of β-amino-alcohol motifs (C(OH)–C–C–N with tert-alkyl or cyclic N) is 1. The van der Waals surface area contributed by atoms with Crippen molar-refractivity contribution >= 4 is 5.91 Å². The monoisotopic (exact) mass is 394 g/mol. The van der Waals surface area contributed by atoms with Gasteiger partial charge in [0.05, 0.1) is 44.4 Å². The maximum atomic E-state index is 12.7. The highest BCUT2D eigenvalue weighted by Gasteiger charge is 2.39. The highest BCUT2D eigenvalue weighted by atomic mass is 19.4. The lowest BCUT2D eigenvalue weighted by Crippen LogP contribution is -2.56. The molecular formula is C18H29F3N2O4. The van der Waals surface area contributed by atoms with Crippen molar-refractivity contribution < 1.29 is 32.5 Å². The largest absolute Gasteiger partial charge is 0.390 e. The average molecular weight is 394 g/mol. The van der Waals surface area contributed by atoms with Crippen LogP contribution in [-0.4, -0.2) is 79.3 Å². The number of rotatable bonds is 6. The van der Waals surface area contributed by atoms with Crippen molar-refractivity contribution in [2.24, 2.45) is 5.92 Å². The predicted octanol–water partition coefficient (Wildman–Crippen LogP) is 1.46. The van der Waals surface area contributed by atoms with Crippen molar-refractivity contribution in [2.45, 2.75) is 69.1 Å². The van der Waals surface area contributed by atoms with Gasteiger partial charge in [0, 0.05) is 25.7 Å². The molecule has 0 bridgehead atoms. The number of nitrogens with zero attached hydrogens (tertiary/aromatic N) is 1. The molecule has 0 aromatic heterocycles. The van der Waals surface area contributed by atoms with Crippen LogP contribution in [0.3, 0.4) is 0 Å². The first-order valence-electron chi connectivity index (χ1n) is 9.79. The Bertz CT molecular complexity index is 501. The van der Waals surface area contributed by atoms with E-state index in [4.69, 9.17) is 9.47 Å². The van der Waals surface area contributed by atoms with Crippen molar-refractivity contribution in [1.82, 2.24) is 10.2 Å². The first-order valence-corrected chi connectivity index (χ1v) is 9.79. The molecule has 0 aromatic carbocycles. The molecule has 3 aliphatic rings. The summed E-state index contributed by atoms with van der Waals surface area (Å²) in [5.74, 6) is 0.569. The van der Waals surface area contributed by atoms with Gasteiger partial charge in [0.15, 0.2) is 0 Å². The lowest BCUT2D eigenvalue weighted by Gasteiger charge is -2.44. The predicted molar refractivity (Wildman–Crippen MR) is 91.1 cm³/mol. The Morgan fingerprint density at radius 3 is 2.67 bits per heavy atom. The van der Waals surface area contributed by atoms with Gasteiger partial charge in [-0.15, -0.1) is 0 Å². The van der Waals surface area contributed by atoms with Crippen LogP contribution in [0.5, 0.6) is 0 Å². The molecule has 2 aliphatic heterocycles. The lowest BCUT2D eigenvalue weighted by atomic mass is 9.94. The van der Waals surface area contributed by atoms with E-state index in [2.05, 4.69) is 5.32 Å². The van der Waals surface area contributed by atoms with Gasteiger partial charge in [0.1, 0.15) is 0 Å². The number of ether oxygens (including phenoxy) is 2. The molecule has 0 unspecified atom stereocenters. The van der Waals surface area contributed by atoms with Crippen LogP contribution in [0.25, 0.3) is 0 Å². The summed E-state index contributed by atoms with van der Waals surface area (Å²) >= 11 is 0. The van der Waals surface area contributed by atoms with Crippen LogP contribution in [-0.2, 0) is 14.3 Å². The second kappa shape index (κ2) is 9.07. The Balaban J connectivity index is 1.54. The SMILES string of the molecule is O=C(C[C@H]1CC[C@H]2[C@@H](COC[C@@H](O)CN2CCC(F)(F)F)O1)NCC1CC1. The summed E-state index contributed by atoms with van der Waals surface area (Å²) in [4.78, 5) is 13.7. The molecule has 0 aromatic rings. The molecule has 2 saturated heterocycles. The summed E-state index contributed by atoms with van der Waals surface area (Å²) in [6.07, 6.45) is -2.78. The Labute approximate surface area is 157 Å². The number of carbonyl (C=O) groups is 1. The van der Waals surface area contributed by atoms with Crippen LogP contribution in [0.15, 0.2) is 0 Å². The van der Waals surface area contributed by atoms with Gasteiger partial charge in [0.25, 0.3) is 0 Å². The van der Waals surface area contributed by atoms with Crippen LogP contribution in [0.2, 0.25) is 0 Å². The van der Waals surface area contributed by atoms with Crippen LogP contribution < -0.4 is 5.32 Å². The number of fused-ring (bicyclic) bond motifs is 1. The summed E-state index contributed by atoms with van der Waals surface area (Å²) in [7, 11) is 0. The molecule has 1 aliphatic carbocycles. The minimum absolute atomic E-state index is 0.0403. The molecule has 2 N–H and O–H groups in total. The first kappa shape index (κ1) is 20.8. The van der Waals surface area contributed by atoms with Crippen LogP contribution in [0.1, 0.15) is 38.5 Å². The maximum Gasteiger partial charge on any atom is 0.390 e. The summed E-state index contributed by atoms with van der Waals surface area (Å²) < 4.78 is 49.5. The number of halogens is 3. The minimum Gasteiger partial charge on any atom is -0.389 e. The standard InChI is InChI=1S/C18H29F3N2O4/c19-18(20,21)5-6-23-9-13(24)10-26-11-16-15(23)4-3-14(27-16)7-17(25)22-8-12-1-2-12/h12-16,24H,1-11H2,(H,22,25)/t13-,14+,15-,16+/m0/s1. The Kier molecular flexibility index (Phi) is 6.99. The van der Waals surface area contributed by atoms with Crippen molar-refractivity contribution in [3.63, 3.8) is 0 Å². The highest BCUT2D eigenvalue weighted by Crippen LogP contribution is 2.30. The summed E-state index contributed by atoms with van der Waals surface area (Å²) in [6.45, 7) is 0.959. The van der Waals surface area contributed by atoms with Crippen molar-refractivity contribution in [2.75, 3.05) is 32.8 Å². The van der Waals surface area contributed by atoms with Crippen LogP contribution >= 0.6 is 0 Å². The van der Waals surface area contributed by atoms with E-state index < -0.39 is 18.7 Å². The van der Waals surface area contributed by atoms with Gasteiger partial charge in [-0.05, 0) is 31.6 Å². The molecule has 1 saturated carbocycles. The van der Waals surface area contributed by atoms with Crippen molar-refractivity contribution in [1.29, 1.82) is 0 Å². The number of hydrogen-bond donors (Lipinski definition) is 2. The Morgan fingerprint density at radius 2 is 1.96 bits per heavy atom. The molecule has 3 fully saturated rings. The molecule has 2 heterocycles. The normalized spacial score (nSPS) is 33.0. The minimum atomic E-state index is -4.24. The molecule has 3 rings (SSSR count). The van der Waals surface area contributed by atoms with Gasteiger partial charge in [-0.1, -0.05) is 0 Å². The van der Waals surface area contributed by atoms with E-state index >= 15 is 0 Å². The quantitative estimate of drug-likeness (QED) is 0.714. The molecule has 0 radical (unpaired) electrons. The number of hydrogen-bond acceptors (Lipinski definition) is 5. The molecule has 0 spiro atoms. The Morgan fingerprint density at radius 1 is 1.19 bits per heavy atom. The summed E-state index contributed by atoms with van der Waals surface area (Å²) in [6, 6.07) is -0.243. The zero-order valence-corrected chi connectivity index (χ0v) is 15.4. The van der Waals surface area contributed by atoms with Gasteiger partial charge < -0.3 is 19.9 Å². The number of aliphatic hydroxyl groups is 1. The molecule has 156 valence electrons. The van der Waals surface area contributed by atoms with Gasteiger partial charge in [-0.3, -0.25) is 9.69 Å². The molecule has 4 atom stereocenters. The van der Waals surface area contributed by atoms with Crippen LogP contribution in [0.4, 0.5) is 13.2 Å². The zero-order chi connectivity index (χ0) is 19.4. The van der Waals surface area contributed by atoms with Gasteiger partial charge >= 0.3 is 6.18 Å². The molecule has 9 heteroatoms. The van der Waals surface area contributed by atoms with E-state index in [0.717, 1.165) is 0 Å². The second-order valence-electron chi connectivity index (χ2n) is 7.94. The smallest absolute Gasteiger partial charge is 0.389 e. The fraction of sp³-hybridized carbons (Fsp3) is 0.944. The number of carbonyl (C=O) groups excluding carboxylic acids is 1. The second-order valence-corrected chi connectivity index (χ2v) is 7.94. The number of amides is 1. The van der Waals surface area contributed by atoms with E-state index in [1.165, 1.54) is 12.8 Å². The maximum absolute atomic E-state index is 12.7. The van der Waals surface area contributed by atoms with E-state index in [-0.39, 0.29) is 56.9 Å². The average Bonchev–Trinajstić information content (AvgIpc) is 3.39. The van der Waals surface area contributed by atoms with Crippen LogP contribution in [0, 0.1) is 5.92 Å². The van der Waals surface area contributed by atoms with Crippen molar-refractivity contribution in [3.8, 4) is 0 Å². The summed E-state index contributed by atoms with van der Waals surface area (Å²) in [5.41, 5.74) is 0. The highest BCUT2D eigenvalue weighted by molar-refractivity contribution is 5.76. The number of aliphatic hydroxyl groups excluding tert-OH is 1. The molecule has 27 heavy (non-hydrogen) atoms. The van der Waals surface area contributed by atoms with Gasteiger partial charge in [0.2, 0.25) is 5.91 Å². The topological polar surface area (TPSA) is 71.0 Å². The van der Waals surface area contributed by atoms with Crippen molar-refractivity contribution in [3.05, 3.63) is 0 Å². The van der Waals surface area contributed by atoms with E-state index in [0.29, 0.717) is 25.3 Å². The van der Waals surface area contributed by atoms with Gasteiger partial charge in [-0.25, -0.2) is 0 Å². The van der Waals surface area contributed by atoms with E-state index in [1.807, 2.05) is 0 Å². The number of alkyl halides is 3. The van der Waals surface area contributed by atoms with Gasteiger partial charge in [-0.2, -0.15) is 13.2 Å². The lowest BCUT2D eigenvalue weighted by molar-refractivity contribution is -0.169. The molecule has 1 amide bonds.